The van der Waals surface area contributed by atoms with Gasteiger partial charge in [0.15, 0.2) is 0 Å². The third kappa shape index (κ3) is 10.7. The lowest BCUT2D eigenvalue weighted by molar-refractivity contribution is -0.160. The molecule has 0 aromatic heterocycles. The van der Waals surface area contributed by atoms with E-state index in [1.807, 2.05) is 46.4 Å². The van der Waals surface area contributed by atoms with Crippen molar-refractivity contribution in [2.75, 3.05) is 65.6 Å². The van der Waals surface area contributed by atoms with Crippen LogP contribution in [0, 0.1) is 5.92 Å². The van der Waals surface area contributed by atoms with Gasteiger partial charge in [-0.3, -0.25) is 4.90 Å². The molecule has 1 amide bonds. The molecule has 31 heavy (non-hydrogen) atoms. The number of ether oxygens (including phenoxy) is 3. The lowest BCUT2D eigenvalue weighted by Gasteiger charge is -2.39. The maximum atomic E-state index is 12.2. The molecule has 8 nitrogen and oxygen atoms in total. The van der Waals surface area contributed by atoms with Crippen molar-refractivity contribution in [3.8, 4) is 0 Å². The first-order chi connectivity index (χ1) is 14.4. The molecule has 0 saturated carbocycles. The first-order valence-corrected chi connectivity index (χ1v) is 11.6. The van der Waals surface area contributed by atoms with Crippen LogP contribution < -0.4 is 0 Å². The number of piperidine rings is 1. The zero-order chi connectivity index (χ0) is 23.1. The summed E-state index contributed by atoms with van der Waals surface area (Å²) in [6, 6.07) is 0. The van der Waals surface area contributed by atoms with Crippen LogP contribution in [0.5, 0.6) is 0 Å². The molecule has 0 spiro atoms. The first kappa shape index (κ1) is 25.9. The van der Waals surface area contributed by atoms with Gasteiger partial charge in [-0.2, -0.15) is 0 Å². The Morgan fingerprint density at radius 1 is 0.806 bits per heavy atom. The van der Waals surface area contributed by atoms with Gasteiger partial charge >= 0.3 is 12.1 Å². The van der Waals surface area contributed by atoms with Crippen LogP contribution >= 0.6 is 0 Å². The van der Waals surface area contributed by atoms with Crippen molar-refractivity contribution < 1.29 is 23.8 Å². The molecule has 8 heteroatoms. The highest BCUT2D eigenvalue weighted by atomic mass is 16.6. The number of likely N-dealkylation sites (tertiary alicyclic amines) is 1. The fraction of sp³-hybridized carbons (Fsp3) is 0.913. The molecule has 2 heterocycles. The summed E-state index contributed by atoms with van der Waals surface area (Å²) in [4.78, 5) is 30.6. The van der Waals surface area contributed by atoms with Crippen molar-refractivity contribution >= 4 is 12.1 Å². The number of piperazine rings is 1. The fourth-order valence-corrected chi connectivity index (χ4v) is 3.91. The summed E-state index contributed by atoms with van der Waals surface area (Å²) in [6.45, 7) is 19.5. The first-order valence-electron chi connectivity index (χ1n) is 11.6. The van der Waals surface area contributed by atoms with Gasteiger partial charge in [0.25, 0.3) is 0 Å². The molecule has 180 valence electrons. The summed E-state index contributed by atoms with van der Waals surface area (Å²) in [5.41, 5.74) is -0.905. The molecular weight excluding hydrogens is 398 g/mol. The van der Waals surface area contributed by atoms with Gasteiger partial charge in [0.1, 0.15) is 17.8 Å². The lowest BCUT2D eigenvalue weighted by Crippen LogP contribution is -2.50. The summed E-state index contributed by atoms with van der Waals surface area (Å²) in [7, 11) is 0. The van der Waals surface area contributed by atoms with Gasteiger partial charge in [-0.1, -0.05) is 0 Å². The van der Waals surface area contributed by atoms with Gasteiger partial charge < -0.3 is 24.0 Å². The molecule has 0 atom stereocenters. The Labute approximate surface area is 188 Å². The second-order valence-electron chi connectivity index (χ2n) is 10.7. The van der Waals surface area contributed by atoms with E-state index in [0.717, 1.165) is 65.2 Å². The van der Waals surface area contributed by atoms with Crippen LogP contribution in [-0.2, 0) is 19.0 Å². The van der Waals surface area contributed by atoms with Crippen LogP contribution in [-0.4, -0.2) is 104 Å². The van der Waals surface area contributed by atoms with Gasteiger partial charge in [-0.15, -0.1) is 0 Å². The molecule has 2 aliphatic rings. The van der Waals surface area contributed by atoms with E-state index < -0.39 is 11.2 Å². The highest BCUT2D eigenvalue weighted by molar-refractivity contribution is 5.71. The third-order valence-corrected chi connectivity index (χ3v) is 5.44. The molecule has 0 N–H and O–H groups in total. The topological polar surface area (TPSA) is 71.6 Å². The van der Waals surface area contributed by atoms with Crippen molar-refractivity contribution in [1.29, 1.82) is 0 Å². The summed E-state index contributed by atoms with van der Waals surface area (Å²) in [5, 5.41) is 0. The highest BCUT2D eigenvalue weighted by Crippen LogP contribution is 2.21. The fourth-order valence-electron chi connectivity index (χ4n) is 3.91. The molecular formula is C23H43N3O5. The predicted molar refractivity (Wildman–Crippen MR) is 120 cm³/mol. The number of carbonyl (C=O) groups excluding carboxylic acids is 2. The Bertz CT molecular complexity index is 569. The van der Waals surface area contributed by atoms with Crippen LogP contribution in [0.3, 0.4) is 0 Å². The van der Waals surface area contributed by atoms with Gasteiger partial charge in [-0.05, 0) is 60.3 Å². The van der Waals surface area contributed by atoms with E-state index in [4.69, 9.17) is 14.2 Å². The molecule has 0 aliphatic carbocycles. The Balaban J connectivity index is 1.55. The van der Waals surface area contributed by atoms with Crippen LogP contribution in [0.15, 0.2) is 0 Å². The van der Waals surface area contributed by atoms with Crippen molar-refractivity contribution in [3.63, 3.8) is 0 Å². The Kier molecular flexibility index (Phi) is 9.58. The third-order valence-electron chi connectivity index (χ3n) is 5.44. The van der Waals surface area contributed by atoms with E-state index >= 15 is 0 Å². The second kappa shape index (κ2) is 11.5. The van der Waals surface area contributed by atoms with Gasteiger partial charge in [-0.25, -0.2) is 9.59 Å². The SMILES string of the molecule is CC(C)(C)OC(=O)COCCN1CCN(CC2CCN(C(=O)OC(C)(C)C)CC2)CC1. The number of esters is 1. The maximum absolute atomic E-state index is 12.2. The molecule has 2 rings (SSSR count). The minimum atomic E-state index is -0.469. The molecule has 0 unspecified atom stereocenters. The van der Waals surface area contributed by atoms with Gasteiger partial charge in [0, 0.05) is 52.4 Å². The zero-order valence-electron chi connectivity index (χ0n) is 20.4. The van der Waals surface area contributed by atoms with Crippen LogP contribution in [0.1, 0.15) is 54.4 Å². The van der Waals surface area contributed by atoms with Crippen molar-refractivity contribution in [3.05, 3.63) is 0 Å². The monoisotopic (exact) mass is 441 g/mol. The van der Waals surface area contributed by atoms with Crippen molar-refractivity contribution in [1.82, 2.24) is 14.7 Å². The minimum absolute atomic E-state index is 0.0131. The normalized spacial score (nSPS) is 20.0. The van der Waals surface area contributed by atoms with E-state index in [0.29, 0.717) is 12.5 Å². The zero-order valence-corrected chi connectivity index (χ0v) is 20.4. The number of carbonyl (C=O) groups is 2. The van der Waals surface area contributed by atoms with E-state index in [2.05, 4.69) is 9.80 Å². The summed E-state index contributed by atoms with van der Waals surface area (Å²) in [6.07, 6.45) is 1.89. The quantitative estimate of drug-likeness (QED) is 0.444. The molecule has 2 fully saturated rings. The van der Waals surface area contributed by atoms with E-state index in [1.54, 1.807) is 0 Å². The smallest absolute Gasteiger partial charge is 0.410 e. The van der Waals surface area contributed by atoms with Gasteiger partial charge in [0.2, 0.25) is 0 Å². The average Bonchev–Trinajstić information content (AvgIpc) is 2.64. The number of hydrogen-bond donors (Lipinski definition) is 0. The number of amides is 1. The second-order valence-corrected chi connectivity index (χ2v) is 10.7. The molecule has 0 radical (unpaired) electrons. The number of rotatable bonds is 7. The van der Waals surface area contributed by atoms with Crippen LogP contribution in [0.4, 0.5) is 4.79 Å². The molecule has 0 aromatic rings. The molecule has 0 bridgehead atoms. The largest absolute Gasteiger partial charge is 0.458 e. The van der Waals surface area contributed by atoms with Crippen LogP contribution in [0.2, 0.25) is 0 Å². The van der Waals surface area contributed by atoms with E-state index in [1.165, 1.54) is 0 Å². The summed E-state index contributed by atoms with van der Waals surface area (Å²) < 4.78 is 16.2. The maximum Gasteiger partial charge on any atom is 0.410 e. The van der Waals surface area contributed by atoms with E-state index in [9.17, 15) is 9.59 Å². The Hall–Kier alpha value is -1.38. The standard InChI is InChI=1S/C23H43N3O5/c1-22(2,3)30-20(27)18-29-16-15-24-11-13-25(14-12-24)17-19-7-9-26(10-8-19)21(28)31-23(4,5)6/h19H,7-18H2,1-6H3. The average molecular weight is 442 g/mol. The van der Waals surface area contributed by atoms with Gasteiger partial charge in [0.05, 0.1) is 6.61 Å². The minimum Gasteiger partial charge on any atom is -0.458 e. The molecule has 2 saturated heterocycles. The Morgan fingerprint density at radius 2 is 1.35 bits per heavy atom. The number of nitrogens with zero attached hydrogens (tertiary/aromatic N) is 3. The molecule has 2 aliphatic heterocycles. The van der Waals surface area contributed by atoms with Crippen LogP contribution in [0.25, 0.3) is 0 Å². The summed E-state index contributed by atoms with van der Waals surface area (Å²) in [5.74, 6) is 0.331. The predicted octanol–water partition coefficient (Wildman–Crippen LogP) is 2.61. The highest BCUT2D eigenvalue weighted by Gasteiger charge is 2.28. The summed E-state index contributed by atoms with van der Waals surface area (Å²) >= 11 is 0. The molecule has 0 aromatic carbocycles. The van der Waals surface area contributed by atoms with E-state index in [-0.39, 0.29) is 18.7 Å². The Morgan fingerprint density at radius 3 is 1.90 bits per heavy atom. The van der Waals surface area contributed by atoms with Crippen molar-refractivity contribution in [2.24, 2.45) is 5.92 Å². The van der Waals surface area contributed by atoms with Crippen molar-refractivity contribution in [2.45, 2.75) is 65.6 Å². The lowest BCUT2D eigenvalue weighted by atomic mass is 9.96. The number of hydrogen-bond acceptors (Lipinski definition) is 7.